The highest BCUT2D eigenvalue weighted by molar-refractivity contribution is 5.62. The summed E-state index contributed by atoms with van der Waals surface area (Å²) in [7, 11) is 3.14. The first-order valence-electron chi connectivity index (χ1n) is 6.11. The van der Waals surface area contributed by atoms with E-state index in [4.69, 9.17) is 9.47 Å². The van der Waals surface area contributed by atoms with Gasteiger partial charge in [0, 0.05) is 24.6 Å². The lowest BCUT2D eigenvalue weighted by atomic mass is 10.0. The van der Waals surface area contributed by atoms with Crippen LogP contribution in [-0.4, -0.2) is 19.1 Å². The van der Waals surface area contributed by atoms with Crippen molar-refractivity contribution in [1.29, 1.82) is 0 Å². The van der Waals surface area contributed by atoms with Gasteiger partial charge in [0.25, 0.3) is 0 Å². The van der Waals surface area contributed by atoms with E-state index in [1.807, 2.05) is 6.07 Å². The molecule has 0 unspecified atom stereocenters. The third kappa shape index (κ3) is 3.71. The van der Waals surface area contributed by atoms with Crippen LogP contribution in [0.4, 0.5) is 0 Å². The van der Waals surface area contributed by atoms with Crippen molar-refractivity contribution in [1.82, 2.24) is 0 Å². The Morgan fingerprint density at radius 3 is 2.42 bits per heavy atom. The quantitative estimate of drug-likeness (QED) is 0.585. The first kappa shape index (κ1) is 15.0. The average Bonchev–Trinajstić information content (AvgIpc) is 2.39. The molecule has 0 spiro atoms. The number of aryl methyl sites for hydroxylation is 1. The van der Waals surface area contributed by atoms with Gasteiger partial charge in [-0.2, -0.15) is 0 Å². The van der Waals surface area contributed by atoms with Gasteiger partial charge in [-0.15, -0.1) is 0 Å². The number of benzene rings is 1. The van der Waals surface area contributed by atoms with E-state index in [-0.39, 0.29) is 5.70 Å². The fourth-order valence-electron chi connectivity index (χ4n) is 1.85. The minimum Gasteiger partial charge on any atom is -0.496 e. The Morgan fingerprint density at radius 1 is 1.32 bits per heavy atom. The lowest BCUT2D eigenvalue weighted by Crippen LogP contribution is -1.98. The van der Waals surface area contributed by atoms with Crippen molar-refractivity contribution < 1.29 is 14.4 Å². The van der Waals surface area contributed by atoms with Crippen molar-refractivity contribution >= 4 is 6.08 Å². The van der Waals surface area contributed by atoms with Gasteiger partial charge in [-0.3, -0.25) is 10.1 Å². The third-order valence-corrected chi connectivity index (χ3v) is 2.80. The highest BCUT2D eigenvalue weighted by atomic mass is 16.6. The second-order valence-corrected chi connectivity index (χ2v) is 4.20. The van der Waals surface area contributed by atoms with Gasteiger partial charge >= 0.3 is 0 Å². The van der Waals surface area contributed by atoms with E-state index >= 15 is 0 Å². The third-order valence-electron chi connectivity index (χ3n) is 2.80. The summed E-state index contributed by atoms with van der Waals surface area (Å²) in [4.78, 5) is 10.3. The summed E-state index contributed by atoms with van der Waals surface area (Å²) in [5.41, 5.74) is 1.79. The van der Waals surface area contributed by atoms with Gasteiger partial charge in [-0.25, -0.2) is 0 Å². The molecular formula is C14H19NO4. The Balaban J connectivity index is 3.33. The fourth-order valence-corrected chi connectivity index (χ4v) is 1.85. The Bertz CT molecular complexity index is 494. The molecule has 0 radical (unpaired) electrons. The van der Waals surface area contributed by atoms with Crippen LogP contribution in [0.25, 0.3) is 6.08 Å². The number of hydrogen-bond acceptors (Lipinski definition) is 4. The lowest BCUT2D eigenvalue weighted by molar-refractivity contribution is -0.422. The molecular weight excluding hydrogens is 246 g/mol. The van der Waals surface area contributed by atoms with E-state index in [0.29, 0.717) is 11.3 Å². The standard InChI is InChI=1S/C14H19NO4/c1-5-6-11-8-12(7-10(2)15(16)17)14(19-4)9-13(11)18-3/h7-9H,5-6H2,1-4H3. The van der Waals surface area contributed by atoms with Crippen LogP contribution in [0.1, 0.15) is 31.4 Å². The minimum atomic E-state index is -0.414. The second-order valence-electron chi connectivity index (χ2n) is 4.20. The van der Waals surface area contributed by atoms with Crippen LogP contribution in [0.5, 0.6) is 11.5 Å². The molecule has 1 aromatic carbocycles. The van der Waals surface area contributed by atoms with Crippen LogP contribution in [0.2, 0.25) is 0 Å². The maximum atomic E-state index is 10.7. The Kier molecular flexibility index (Phi) is 5.36. The highest BCUT2D eigenvalue weighted by Gasteiger charge is 2.12. The lowest BCUT2D eigenvalue weighted by Gasteiger charge is -2.12. The number of hydrogen-bond donors (Lipinski definition) is 0. The number of ether oxygens (including phenoxy) is 2. The van der Waals surface area contributed by atoms with Crippen LogP contribution in [0.3, 0.4) is 0 Å². The van der Waals surface area contributed by atoms with Gasteiger partial charge in [0.15, 0.2) is 0 Å². The van der Waals surface area contributed by atoms with Crippen LogP contribution >= 0.6 is 0 Å². The molecule has 0 heterocycles. The average molecular weight is 265 g/mol. The normalized spacial score (nSPS) is 11.3. The van der Waals surface area contributed by atoms with Crippen LogP contribution in [0.15, 0.2) is 17.8 Å². The molecule has 0 saturated heterocycles. The molecule has 1 aromatic rings. The van der Waals surface area contributed by atoms with Gasteiger partial charge in [-0.05, 0) is 18.1 Å². The molecule has 104 valence electrons. The molecule has 1 rings (SSSR count). The van der Waals surface area contributed by atoms with Gasteiger partial charge in [0.2, 0.25) is 5.70 Å². The summed E-state index contributed by atoms with van der Waals surface area (Å²) in [5.74, 6) is 1.31. The topological polar surface area (TPSA) is 61.6 Å². The number of nitro groups is 1. The summed E-state index contributed by atoms with van der Waals surface area (Å²) in [6.45, 7) is 3.53. The zero-order valence-electron chi connectivity index (χ0n) is 11.7. The van der Waals surface area contributed by atoms with Crippen molar-refractivity contribution in [2.75, 3.05) is 14.2 Å². The van der Waals surface area contributed by atoms with Crippen LogP contribution in [0, 0.1) is 10.1 Å². The zero-order chi connectivity index (χ0) is 14.4. The van der Waals surface area contributed by atoms with E-state index < -0.39 is 4.92 Å². The molecule has 0 saturated carbocycles. The van der Waals surface area contributed by atoms with Crippen molar-refractivity contribution in [3.05, 3.63) is 39.1 Å². The predicted molar refractivity (Wildman–Crippen MR) is 74.2 cm³/mol. The van der Waals surface area contributed by atoms with E-state index in [0.717, 1.165) is 24.2 Å². The number of nitrogens with zero attached hydrogens (tertiary/aromatic N) is 1. The van der Waals surface area contributed by atoms with Crippen molar-refractivity contribution in [3.8, 4) is 11.5 Å². The molecule has 0 fully saturated rings. The highest BCUT2D eigenvalue weighted by Crippen LogP contribution is 2.31. The molecule has 0 aromatic heterocycles. The molecule has 0 N–H and O–H groups in total. The summed E-state index contributed by atoms with van der Waals surface area (Å²) in [6.07, 6.45) is 3.34. The SMILES string of the molecule is CCCc1cc(C=C(C)[N+](=O)[O-])c(OC)cc1OC. The molecule has 0 aliphatic rings. The Labute approximate surface area is 113 Å². The number of methoxy groups -OCH3 is 2. The maximum Gasteiger partial charge on any atom is 0.243 e. The Morgan fingerprint density at radius 2 is 1.95 bits per heavy atom. The largest absolute Gasteiger partial charge is 0.496 e. The first-order chi connectivity index (χ1) is 9.03. The maximum absolute atomic E-state index is 10.7. The van der Waals surface area contributed by atoms with Crippen LogP contribution in [-0.2, 0) is 6.42 Å². The molecule has 5 heteroatoms. The first-order valence-corrected chi connectivity index (χ1v) is 6.11. The summed E-state index contributed by atoms with van der Waals surface area (Å²) < 4.78 is 10.6. The van der Waals surface area contributed by atoms with Crippen LogP contribution < -0.4 is 9.47 Å². The molecule has 5 nitrogen and oxygen atoms in total. The van der Waals surface area contributed by atoms with E-state index in [1.54, 1.807) is 13.2 Å². The van der Waals surface area contributed by atoms with Crippen molar-refractivity contribution in [3.63, 3.8) is 0 Å². The van der Waals surface area contributed by atoms with Gasteiger partial charge in [0.1, 0.15) is 11.5 Å². The van der Waals surface area contributed by atoms with Gasteiger partial charge in [0.05, 0.1) is 19.1 Å². The van der Waals surface area contributed by atoms with Gasteiger partial charge in [-0.1, -0.05) is 13.3 Å². The molecule has 0 atom stereocenters. The Hall–Kier alpha value is -2.04. The van der Waals surface area contributed by atoms with E-state index in [9.17, 15) is 10.1 Å². The van der Waals surface area contributed by atoms with E-state index in [1.165, 1.54) is 20.1 Å². The van der Waals surface area contributed by atoms with Gasteiger partial charge < -0.3 is 9.47 Å². The fraction of sp³-hybridized carbons (Fsp3) is 0.429. The summed E-state index contributed by atoms with van der Waals surface area (Å²) >= 11 is 0. The smallest absolute Gasteiger partial charge is 0.243 e. The summed E-state index contributed by atoms with van der Waals surface area (Å²) in [5, 5.41) is 10.7. The number of allylic oxidation sites excluding steroid dienone is 1. The van der Waals surface area contributed by atoms with Crippen molar-refractivity contribution in [2.45, 2.75) is 26.7 Å². The molecule has 0 bridgehead atoms. The predicted octanol–water partition coefficient (Wildman–Crippen LogP) is 3.29. The minimum absolute atomic E-state index is 0.0749. The molecule has 0 aliphatic carbocycles. The summed E-state index contributed by atoms with van der Waals surface area (Å²) in [6, 6.07) is 3.65. The molecule has 0 aliphatic heterocycles. The zero-order valence-corrected chi connectivity index (χ0v) is 11.7. The second kappa shape index (κ2) is 6.78. The van der Waals surface area contributed by atoms with Crippen molar-refractivity contribution in [2.24, 2.45) is 0 Å². The molecule has 0 amide bonds. The van der Waals surface area contributed by atoms with E-state index in [2.05, 4.69) is 6.92 Å². The molecule has 19 heavy (non-hydrogen) atoms. The monoisotopic (exact) mass is 265 g/mol. The number of rotatable bonds is 6.